The lowest BCUT2D eigenvalue weighted by molar-refractivity contribution is -0.137. The molecule has 9 heteroatoms. The highest BCUT2D eigenvalue weighted by Crippen LogP contribution is 2.34. The summed E-state index contributed by atoms with van der Waals surface area (Å²) >= 11 is 8.49. The van der Waals surface area contributed by atoms with Gasteiger partial charge < -0.3 is 9.88 Å². The Labute approximate surface area is 197 Å². The van der Waals surface area contributed by atoms with Crippen LogP contribution in [0.15, 0.2) is 68.9 Å². The van der Waals surface area contributed by atoms with Crippen LogP contribution in [0.1, 0.15) is 27.2 Å². The number of thiophene rings is 1. The SMILES string of the molecule is O=C(NCc1cccc(C(F)(F)F)c1)c1cc2scc(Br)c2n1Cc1ccc(Br)cc1. The fourth-order valence-electron chi connectivity index (χ4n) is 3.29. The van der Waals surface area contributed by atoms with E-state index in [1.165, 1.54) is 17.4 Å². The van der Waals surface area contributed by atoms with Crippen molar-refractivity contribution in [2.45, 2.75) is 19.3 Å². The Hall–Kier alpha value is -2.10. The van der Waals surface area contributed by atoms with Gasteiger partial charge in [0, 0.05) is 22.9 Å². The Morgan fingerprint density at radius 3 is 2.48 bits per heavy atom. The van der Waals surface area contributed by atoms with Gasteiger partial charge in [0.25, 0.3) is 5.91 Å². The highest BCUT2D eigenvalue weighted by Gasteiger charge is 2.30. The van der Waals surface area contributed by atoms with Gasteiger partial charge in [-0.1, -0.05) is 40.2 Å². The summed E-state index contributed by atoms with van der Waals surface area (Å²) in [6.45, 7) is 0.486. The van der Waals surface area contributed by atoms with Gasteiger partial charge in [-0.15, -0.1) is 11.3 Å². The fourth-order valence-corrected chi connectivity index (χ4v) is 5.24. The third-order valence-electron chi connectivity index (χ3n) is 4.77. The number of rotatable bonds is 5. The van der Waals surface area contributed by atoms with E-state index in [9.17, 15) is 18.0 Å². The predicted molar refractivity (Wildman–Crippen MR) is 123 cm³/mol. The van der Waals surface area contributed by atoms with Gasteiger partial charge in [0.1, 0.15) is 5.69 Å². The molecule has 2 heterocycles. The number of alkyl halides is 3. The molecule has 3 nitrogen and oxygen atoms in total. The summed E-state index contributed by atoms with van der Waals surface area (Å²) < 4.78 is 43.5. The first-order valence-corrected chi connectivity index (χ1v) is 11.6. The molecule has 4 rings (SSSR count). The quantitative estimate of drug-likeness (QED) is 0.269. The second-order valence-corrected chi connectivity index (χ2v) is 9.60. The summed E-state index contributed by atoms with van der Waals surface area (Å²) in [5.41, 5.74) is 2.04. The van der Waals surface area contributed by atoms with Crippen molar-refractivity contribution >= 4 is 59.3 Å². The molecule has 0 aliphatic heterocycles. The summed E-state index contributed by atoms with van der Waals surface area (Å²) in [4.78, 5) is 13.0. The van der Waals surface area contributed by atoms with E-state index in [2.05, 4.69) is 37.2 Å². The van der Waals surface area contributed by atoms with E-state index < -0.39 is 11.7 Å². The Kier molecular flexibility index (Phi) is 6.27. The number of amides is 1. The van der Waals surface area contributed by atoms with E-state index in [0.717, 1.165) is 36.9 Å². The van der Waals surface area contributed by atoms with Gasteiger partial charge in [0.15, 0.2) is 0 Å². The fraction of sp³-hybridized carbons (Fsp3) is 0.136. The predicted octanol–water partition coefficient (Wildman–Crippen LogP) is 7.22. The summed E-state index contributed by atoms with van der Waals surface area (Å²) in [6.07, 6.45) is -4.42. The van der Waals surface area contributed by atoms with Crippen molar-refractivity contribution in [3.8, 4) is 0 Å². The molecule has 160 valence electrons. The van der Waals surface area contributed by atoms with Gasteiger partial charge in [-0.2, -0.15) is 13.2 Å². The minimum atomic E-state index is -4.42. The lowest BCUT2D eigenvalue weighted by Crippen LogP contribution is -2.26. The average Bonchev–Trinajstić information content (AvgIpc) is 3.28. The van der Waals surface area contributed by atoms with E-state index in [4.69, 9.17) is 0 Å². The smallest absolute Gasteiger partial charge is 0.347 e. The standard InChI is InChI=1S/C22H15Br2F3N2OS/c23-16-6-4-13(5-7-16)11-29-18(9-19-20(29)17(24)12-31-19)21(30)28-10-14-2-1-3-15(8-14)22(25,26)27/h1-9,12H,10-11H2,(H,28,30). The second kappa shape index (κ2) is 8.80. The van der Waals surface area contributed by atoms with E-state index >= 15 is 0 Å². The number of fused-ring (bicyclic) bond motifs is 1. The number of hydrogen-bond donors (Lipinski definition) is 1. The third kappa shape index (κ3) is 4.88. The molecule has 31 heavy (non-hydrogen) atoms. The monoisotopic (exact) mass is 570 g/mol. The zero-order valence-electron chi connectivity index (χ0n) is 15.8. The number of nitrogens with zero attached hydrogens (tertiary/aromatic N) is 1. The molecule has 0 radical (unpaired) electrons. The maximum absolute atomic E-state index is 13.0. The van der Waals surface area contributed by atoms with Gasteiger partial charge in [-0.3, -0.25) is 4.79 Å². The third-order valence-corrected chi connectivity index (χ3v) is 7.13. The van der Waals surface area contributed by atoms with E-state index in [-0.39, 0.29) is 12.5 Å². The molecule has 0 unspecified atom stereocenters. The molecule has 0 aliphatic carbocycles. The van der Waals surface area contributed by atoms with Crippen LogP contribution in [0.5, 0.6) is 0 Å². The van der Waals surface area contributed by atoms with Crippen molar-refractivity contribution in [2.75, 3.05) is 0 Å². The van der Waals surface area contributed by atoms with Crippen molar-refractivity contribution < 1.29 is 18.0 Å². The zero-order valence-corrected chi connectivity index (χ0v) is 19.8. The zero-order chi connectivity index (χ0) is 22.2. The normalized spacial score (nSPS) is 11.8. The molecule has 2 aromatic carbocycles. The molecule has 0 bridgehead atoms. The van der Waals surface area contributed by atoms with Gasteiger partial charge in [0.05, 0.1) is 20.3 Å². The van der Waals surface area contributed by atoms with Gasteiger partial charge in [-0.05, 0) is 57.4 Å². The molecule has 1 N–H and O–H groups in total. The van der Waals surface area contributed by atoms with Gasteiger partial charge in [0.2, 0.25) is 0 Å². The van der Waals surface area contributed by atoms with Crippen LogP contribution in [0.3, 0.4) is 0 Å². The summed E-state index contributed by atoms with van der Waals surface area (Å²) in [5, 5.41) is 4.72. The lowest BCUT2D eigenvalue weighted by Gasteiger charge is -2.13. The number of benzene rings is 2. The molecular formula is C22H15Br2F3N2OS. The number of carbonyl (C=O) groups excluding carboxylic acids is 1. The van der Waals surface area contributed by atoms with Crippen LogP contribution in [0, 0.1) is 0 Å². The van der Waals surface area contributed by atoms with Crippen LogP contribution in [0.25, 0.3) is 10.2 Å². The Morgan fingerprint density at radius 1 is 1.03 bits per heavy atom. The van der Waals surface area contributed by atoms with Crippen molar-refractivity contribution in [1.29, 1.82) is 0 Å². The molecule has 0 fully saturated rings. The molecule has 4 aromatic rings. The number of carbonyl (C=O) groups is 1. The van der Waals surface area contributed by atoms with Gasteiger partial charge in [-0.25, -0.2) is 0 Å². The van der Waals surface area contributed by atoms with Gasteiger partial charge >= 0.3 is 6.18 Å². The Balaban J connectivity index is 1.60. The Bertz CT molecular complexity index is 1250. The largest absolute Gasteiger partial charge is 0.416 e. The number of halogens is 5. The molecule has 1 amide bonds. The first-order valence-electron chi connectivity index (χ1n) is 9.17. The lowest BCUT2D eigenvalue weighted by atomic mass is 10.1. The first kappa shape index (κ1) is 22.1. The Morgan fingerprint density at radius 2 is 1.77 bits per heavy atom. The maximum atomic E-state index is 13.0. The molecule has 2 aromatic heterocycles. The molecular weight excluding hydrogens is 557 g/mol. The van der Waals surface area contributed by atoms with Crippen molar-refractivity contribution in [3.63, 3.8) is 0 Å². The molecule has 0 spiro atoms. The van der Waals surface area contributed by atoms with Crippen LogP contribution in [-0.4, -0.2) is 10.5 Å². The summed E-state index contributed by atoms with van der Waals surface area (Å²) in [5.74, 6) is -0.343. The summed E-state index contributed by atoms with van der Waals surface area (Å²) in [7, 11) is 0. The average molecular weight is 572 g/mol. The van der Waals surface area contributed by atoms with E-state index in [1.807, 2.05) is 40.3 Å². The molecule has 0 saturated carbocycles. The molecule has 0 saturated heterocycles. The van der Waals surface area contributed by atoms with Crippen LogP contribution < -0.4 is 5.32 Å². The van der Waals surface area contributed by atoms with Crippen molar-refractivity contribution in [1.82, 2.24) is 9.88 Å². The summed E-state index contributed by atoms with van der Waals surface area (Å²) in [6, 6.07) is 14.6. The molecule has 0 aliphatic rings. The number of hydrogen-bond acceptors (Lipinski definition) is 2. The second-order valence-electron chi connectivity index (χ2n) is 6.92. The maximum Gasteiger partial charge on any atom is 0.416 e. The topological polar surface area (TPSA) is 34.0 Å². The minimum absolute atomic E-state index is 0.00103. The van der Waals surface area contributed by atoms with Crippen LogP contribution in [0.2, 0.25) is 0 Å². The number of nitrogens with one attached hydrogen (secondary N) is 1. The highest BCUT2D eigenvalue weighted by atomic mass is 79.9. The van der Waals surface area contributed by atoms with Crippen LogP contribution >= 0.6 is 43.2 Å². The van der Waals surface area contributed by atoms with Crippen LogP contribution in [0.4, 0.5) is 13.2 Å². The van der Waals surface area contributed by atoms with Crippen LogP contribution in [-0.2, 0) is 19.3 Å². The first-order chi connectivity index (χ1) is 14.7. The molecule has 0 atom stereocenters. The highest BCUT2D eigenvalue weighted by molar-refractivity contribution is 9.11. The van der Waals surface area contributed by atoms with E-state index in [0.29, 0.717) is 17.8 Å². The van der Waals surface area contributed by atoms with Crippen molar-refractivity contribution in [2.24, 2.45) is 0 Å². The van der Waals surface area contributed by atoms with E-state index in [1.54, 1.807) is 6.07 Å². The van der Waals surface area contributed by atoms with Crippen molar-refractivity contribution in [3.05, 3.63) is 91.3 Å². The number of aromatic nitrogens is 1. The minimum Gasteiger partial charge on any atom is -0.347 e.